The summed E-state index contributed by atoms with van der Waals surface area (Å²) in [7, 11) is 1.23. The summed E-state index contributed by atoms with van der Waals surface area (Å²) < 4.78 is 29.7. The molecule has 4 nitrogen and oxygen atoms in total. The fourth-order valence-corrected chi connectivity index (χ4v) is 1.65. The maximum absolute atomic E-state index is 12.6. The molecule has 0 aromatic carbocycles. The molecule has 110 valence electrons. The summed E-state index contributed by atoms with van der Waals surface area (Å²) in [5.74, 6) is -0.587. The number of carbonyl (C=O) groups is 1. The van der Waals surface area contributed by atoms with Gasteiger partial charge in [0.15, 0.2) is 0 Å². The molecule has 0 unspecified atom stereocenters. The number of hydrogen-bond donors (Lipinski definition) is 0. The highest BCUT2D eigenvalue weighted by Crippen LogP contribution is 2.14. The lowest BCUT2D eigenvalue weighted by atomic mass is 10.2. The zero-order valence-electron chi connectivity index (χ0n) is 11.1. The second-order valence-corrected chi connectivity index (χ2v) is 4.46. The van der Waals surface area contributed by atoms with E-state index in [0.29, 0.717) is 16.4 Å². The maximum Gasteiger partial charge on any atom is 0.332 e. The Hall–Kier alpha value is -1.69. The minimum atomic E-state index is -2.52. The largest absolute Gasteiger partial charge is 0.466 e. The van der Waals surface area contributed by atoms with E-state index in [0.717, 1.165) is 0 Å². The quantitative estimate of drug-likeness (QED) is 0.460. The van der Waals surface area contributed by atoms with Crippen molar-refractivity contribution in [2.45, 2.75) is 19.9 Å². The van der Waals surface area contributed by atoms with Crippen molar-refractivity contribution in [2.75, 3.05) is 13.7 Å². The van der Waals surface area contributed by atoms with Gasteiger partial charge in [0.25, 0.3) is 6.43 Å². The fourth-order valence-electron chi connectivity index (χ4n) is 1.54. The lowest BCUT2D eigenvalue weighted by Crippen LogP contribution is -2.27. The first-order chi connectivity index (χ1) is 9.42. The molecule has 0 saturated carbocycles. The molecule has 0 aliphatic carbocycles. The van der Waals surface area contributed by atoms with Crippen LogP contribution >= 0.6 is 11.6 Å². The molecule has 0 saturated heterocycles. The Labute approximate surface area is 121 Å². The Morgan fingerprint density at radius 1 is 1.55 bits per heavy atom. The number of pyridine rings is 1. The second-order valence-electron chi connectivity index (χ2n) is 4.07. The summed E-state index contributed by atoms with van der Waals surface area (Å²) in [4.78, 5) is 16.4. The van der Waals surface area contributed by atoms with E-state index >= 15 is 0 Å². The zero-order chi connectivity index (χ0) is 15.1. The van der Waals surface area contributed by atoms with Crippen molar-refractivity contribution in [1.82, 2.24) is 9.88 Å². The number of halogens is 3. The van der Waals surface area contributed by atoms with Crippen LogP contribution in [-0.4, -0.2) is 35.9 Å². The summed E-state index contributed by atoms with van der Waals surface area (Å²) in [6.45, 7) is 1.29. The number of esters is 1. The van der Waals surface area contributed by atoms with E-state index in [-0.39, 0.29) is 6.54 Å². The van der Waals surface area contributed by atoms with Crippen molar-refractivity contribution in [3.63, 3.8) is 0 Å². The van der Waals surface area contributed by atoms with Crippen molar-refractivity contribution >= 4 is 17.6 Å². The van der Waals surface area contributed by atoms with Crippen molar-refractivity contribution in [1.29, 1.82) is 0 Å². The Kier molecular flexibility index (Phi) is 6.38. The first kappa shape index (κ1) is 16.4. The Morgan fingerprint density at radius 2 is 2.25 bits per heavy atom. The van der Waals surface area contributed by atoms with Crippen molar-refractivity contribution in [3.05, 3.63) is 40.8 Å². The molecule has 7 heteroatoms. The zero-order valence-corrected chi connectivity index (χ0v) is 11.9. The first-order valence-corrected chi connectivity index (χ1v) is 6.20. The van der Waals surface area contributed by atoms with Crippen LogP contribution in [0.25, 0.3) is 0 Å². The van der Waals surface area contributed by atoms with Gasteiger partial charge in [-0.05, 0) is 18.6 Å². The average Bonchev–Trinajstić information content (AvgIpc) is 2.39. The van der Waals surface area contributed by atoms with Crippen LogP contribution in [-0.2, 0) is 16.1 Å². The summed E-state index contributed by atoms with van der Waals surface area (Å²) in [5, 5.41) is 0.330. The van der Waals surface area contributed by atoms with Gasteiger partial charge < -0.3 is 9.64 Å². The average molecular weight is 305 g/mol. The monoisotopic (exact) mass is 304 g/mol. The highest BCUT2D eigenvalue weighted by Gasteiger charge is 2.14. The molecule has 0 N–H and O–H groups in total. The summed E-state index contributed by atoms with van der Waals surface area (Å²) in [5.41, 5.74) is 1.11. The molecular formula is C13H15ClF2N2O2. The molecule has 0 bridgehead atoms. The minimum Gasteiger partial charge on any atom is -0.466 e. The third-order valence-corrected chi connectivity index (χ3v) is 2.77. The van der Waals surface area contributed by atoms with Crippen LogP contribution in [0.5, 0.6) is 0 Å². The highest BCUT2D eigenvalue weighted by molar-refractivity contribution is 6.29. The van der Waals surface area contributed by atoms with Crippen molar-refractivity contribution in [2.24, 2.45) is 0 Å². The van der Waals surface area contributed by atoms with Crippen LogP contribution in [0, 0.1) is 0 Å². The van der Waals surface area contributed by atoms with Gasteiger partial charge in [-0.2, -0.15) is 0 Å². The van der Waals surface area contributed by atoms with Gasteiger partial charge in [0.05, 0.1) is 13.7 Å². The highest BCUT2D eigenvalue weighted by atomic mass is 35.5. The topological polar surface area (TPSA) is 42.4 Å². The number of nitrogens with zero attached hydrogens (tertiary/aromatic N) is 2. The number of alkyl halides is 2. The molecule has 0 aliphatic rings. The van der Waals surface area contributed by atoms with E-state index in [1.54, 1.807) is 19.1 Å². The van der Waals surface area contributed by atoms with Crippen LogP contribution < -0.4 is 0 Å². The van der Waals surface area contributed by atoms with Crippen LogP contribution in [0.2, 0.25) is 5.15 Å². The second kappa shape index (κ2) is 7.79. The lowest BCUT2D eigenvalue weighted by Gasteiger charge is -2.24. The fraction of sp³-hybridized carbons (Fsp3) is 0.385. The first-order valence-electron chi connectivity index (χ1n) is 5.82. The predicted octanol–water partition coefficient (Wildman–Crippen LogP) is 2.88. The minimum absolute atomic E-state index is 0.202. The molecule has 0 radical (unpaired) electrons. The van der Waals surface area contributed by atoms with E-state index in [4.69, 9.17) is 11.6 Å². The molecule has 20 heavy (non-hydrogen) atoms. The third-order valence-electron chi connectivity index (χ3n) is 2.55. The predicted molar refractivity (Wildman–Crippen MR) is 71.4 cm³/mol. The van der Waals surface area contributed by atoms with E-state index in [1.807, 2.05) is 0 Å². The molecule has 1 heterocycles. The number of allylic oxidation sites excluding steroid dienone is 1. The van der Waals surface area contributed by atoms with Gasteiger partial charge in [-0.3, -0.25) is 0 Å². The lowest BCUT2D eigenvalue weighted by molar-refractivity contribution is -0.135. The van der Waals surface area contributed by atoms with Gasteiger partial charge in [0.2, 0.25) is 0 Å². The molecule has 0 amide bonds. The molecule has 1 aromatic heterocycles. The number of hydrogen-bond acceptors (Lipinski definition) is 4. The van der Waals surface area contributed by atoms with Gasteiger partial charge in [0.1, 0.15) is 5.15 Å². The molecular weight excluding hydrogens is 290 g/mol. The van der Waals surface area contributed by atoms with Gasteiger partial charge >= 0.3 is 5.97 Å². The maximum atomic E-state index is 12.6. The summed E-state index contributed by atoms with van der Waals surface area (Å²) in [6, 6.07) is 3.27. The van der Waals surface area contributed by atoms with Gasteiger partial charge in [0, 0.05) is 24.5 Å². The SMILES string of the molecule is COC(=O)/C=C(\C)N(Cc1ccc(Cl)nc1)CC(F)F. The van der Waals surface area contributed by atoms with Crippen LogP contribution in [0.1, 0.15) is 12.5 Å². The molecule has 0 fully saturated rings. The Bertz CT molecular complexity index is 478. The van der Waals surface area contributed by atoms with E-state index in [2.05, 4.69) is 9.72 Å². The Morgan fingerprint density at radius 3 is 2.75 bits per heavy atom. The molecule has 0 aliphatic heterocycles. The van der Waals surface area contributed by atoms with Crippen molar-refractivity contribution < 1.29 is 18.3 Å². The third kappa shape index (κ3) is 5.52. The van der Waals surface area contributed by atoms with Gasteiger partial charge in [-0.15, -0.1) is 0 Å². The number of rotatable bonds is 6. The van der Waals surface area contributed by atoms with Gasteiger partial charge in [-0.25, -0.2) is 18.6 Å². The smallest absolute Gasteiger partial charge is 0.332 e. The summed E-state index contributed by atoms with van der Waals surface area (Å²) >= 11 is 5.67. The van der Waals surface area contributed by atoms with E-state index in [9.17, 15) is 13.6 Å². The molecule has 0 atom stereocenters. The van der Waals surface area contributed by atoms with Crippen molar-refractivity contribution in [3.8, 4) is 0 Å². The van der Waals surface area contributed by atoms with Crippen LogP contribution in [0.15, 0.2) is 30.1 Å². The number of ether oxygens (including phenoxy) is 1. The van der Waals surface area contributed by atoms with E-state index < -0.39 is 18.9 Å². The summed E-state index contributed by atoms with van der Waals surface area (Å²) in [6.07, 6.45) is 0.161. The number of carbonyl (C=O) groups excluding carboxylic acids is 1. The number of methoxy groups -OCH3 is 1. The molecule has 1 rings (SSSR count). The standard InChI is InChI=1S/C13H15ClF2N2O2/c1-9(5-13(19)20-2)18(8-12(15)16)7-10-3-4-11(14)17-6-10/h3-6,12H,7-8H2,1-2H3/b9-5+. The molecule has 1 aromatic rings. The number of aromatic nitrogens is 1. The molecule has 0 spiro atoms. The Balaban J connectivity index is 2.86. The van der Waals surface area contributed by atoms with Gasteiger partial charge in [-0.1, -0.05) is 17.7 Å². The van der Waals surface area contributed by atoms with E-state index in [1.165, 1.54) is 24.3 Å². The normalized spacial score (nSPS) is 11.6. The van der Waals surface area contributed by atoms with Crippen LogP contribution in [0.4, 0.5) is 8.78 Å². The van der Waals surface area contributed by atoms with Crippen LogP contribution in [0.3, 0.4) is 0 Å².